The second kappa shape index (κ2) is 6.55. The van der Waals surface area contributed by atoms with Crippen LogP contribution in [0, 0.1) is 0 Å². The Labute approximate surface area is 116 Å². The molecule has 0 aliphatic carbocycles. The predicted octanol–water partition coefficient (Wildman–Crippen LogP) is 2.99. The van der Waals surface area contributed by atoms with Gasteiger partial charge in [0.1, 0.15) is 5.82 Å². The second-order valence-corrected chi connectivity index (χ2v) is 5.72. The highest BCUT2D eigenvalue weighted by Crippen LogP contribution is 2.13. The Hall–Kier alpha value is -1.58. The number of pyridine rings is 1. The van der Waals surface area contributed by atoms with Gasteiger partial charge in [-0.1, -0.05) is 13.8 Å². The van der Waals surface area contributed by atoms with Crippen molar-refractivity contribution in [3.8, 4) is 0 Å². The molecule has 4 heteroatoms. The number of aromatic nitrogens is 1. The Morgan fingerprint density at radius 3 is 2.47 bits per heavy atom. The molecule has 0 atom stereocenters. The number of aryl methyl sites for hydroxylation is 1. The maximum absolute atomic E-state index is 12.2. The van der Waals surface area contributed by atoms with E-state index in [4.69, 9.17) is 0 Å². The van der Waals surface area contributed by atoms with Gasteiger partial charge in [0.25, 0.3) is 5.91 Å². The van der Waals surface area contributed by atoms with Crippen LogP contribution in [-0.2, 0) is 6.42 Å². The molecule has 2 N–H and O–H groups in total. The van der Waals surface area contributed by atoms with Crippen LogP contribution in [0.3, 0.4) is 0 Å². The van der Waals surface area contributed by atoms with Crippen LogP contribution >= 0.6 is 0 Å². The van der Waals surface area contributed by atoms with Gasteiger partial charge in [0.05, 0.1) is 0 Å². The predicted molar refractivity (Wildman–Crippen MR) is 79.6 cm³/mol. The normalized spacial score (nSPS) is 11.2. The highest BCUT2D eigenvalue weighted by Gasteiger charge is 2.16. The molecular formula is C15H25N3O. The van der Waals surface area contributed by atoms with Gasteiger partial charge in [-0.3, -0.25) is 4.79 Å². The molecular weight excluding hydrogens is 238 g/mol. The minimum absolute atomic E-state index is 0.0517. The maximum Gasteiger partial charge on any atom is 0.251 e. The molecule has 106 valence electrons. The van der Waals surface area contributed by atoms with E-state index in [1.165, 1.54) is 0 Å². The minimum atomic E-state index is -0.232. The molecule has 0 aliphatic rings. The minimum Gasteiger partial charge on any atom is -0.370 e. The number of carbonyl (C=O) groups is 1. The number of nitrogens with zero attached hydrogens (tertiary/aromatic N) is 1. The van der Waals surface area contributed by atoms with Crippen molar-refractivity contribution in [2.24, 2.45) is 0 Å². The SMILES string of the molecule is CCCNc1cc(C(=O)NC(C)(C)C)cc(CC)n1. The lowest BCUT2D eigenvalue weighted by atomic mass is 10.1. The van der Waals surface area contributed by atoms with Gasteiger partial charge in [0.15, 0.2) is 0 Å². The summed E-state index contributed by atoms with van der Waals surface area (Å²) in [5.41, 5.74) is 1.37. The van der Waals surface area contributed by atoms with E-state index in [1.54, 1.807) is 0 Å². The van der Waals surface area contributed by atoms with Crippen molar-refractivity contribution >= 4 is 11.7 Å². The highest BCUT2D eigenvalue weighted by atomic mass is 16.1. The molecule has 4 nitrogen and oxygen atoms in total. The average molecular weight is 263 g/mol. The van der Waals surface area contributed by atoms with E-state index in [-0.39, 0.29) is 11.4 Å². The highest BCUT2D eigenvalue weighted by molar-refractivity contribution is 5.95. The molecule has 0 saturated carbocycles. The Bertz CT molecular complexity index is 436. The van der Waals surface area contributed by atoms with Gasteiger partial charge in [-0.25, -0.2) is 4.98 Å². The molecule has 0 unspecified atom stereocenters. The summed E-state index contributed by atoms with van der Waals surface area (Å²) < 4.78 is 0. The third kappa shape index (κ3) is 5.28. The van der Waals surface area contributed by atoms with Crippen LogP contribution < -0.4 is 10.6 Å². The Balaban J connectivity index is 2.95. The molecule has 0 saturated heterocycles. The number of hydrogen-bond acceptors (Lipinski definition) is 3. The lowest BCUT2D eigenvalue weighted by Gasteiger charge is -2.21. The molecule has 19 heavy (non-hydrogen) atoms. The van der Waals surface area contributed by atoms with Gasteiger partial charge in [-0.05, 0) is 45.7 Å². The maximum atomic E-state index is 12.2. The fourth-order valence-corrected chi connectivity index (χ4v) is 1.66. The molecule has 0 aliphatic heterocycles. The van der Waals surface area contributed by atoms with Gasteiger partial charge in [-0.2, -0.15) is 0 Å². The summed E-state index contributed by atoms with van der Waals surface area (Å²) in [6.07, 6.45) is 1.85. The zero-order valence-corrected chi connectivity index (χ0v) is 12.6. The summed E-state index contributed by atoms with van der Waals surface area (Å²) in [5.74, 6) is 0.726. The lowest BCUT2D eigenvalue weighted by molar-refractivity contribution is 0.0919. The smallest absolute Gasteiger partial charge is 0.251 e. The number of carbonyl (C=O) groups excluding carboxylic acids is 1. The van der Waals surface area contributed by atoms with E-state index >= 15 is 0 Å². The third-order valence-corrected chi connectivity index (χ3v) is 2.55. The molecule has 1 amide bonds. The summed E-state index contributed by atoms with van der Waals surface area (Å²) in [5, 5.41) is 6.21. The topological polar surface area (TPSA) is 54.0 Å². The van der Waals surface area contributed by atoms with Crippen LogP contribution in [0.5, 0.6) is 0 Å². The quantitative estimate of drug-likeness (QED) is 0.858. The molecule has 1 rings (SSSR count). The zero-order chi connectivity index (χ0) is 14.5. The molecule has 0 radical (unpaired) electrons. The van der Waals surface area contributed by atoms with Crippen molar-refractivity contribution in [1.29, 1.82) is 0 Å². The van der Waals surface area contributed by atoms with Crippen molar-refractivity contribution < 1.29 is 4.79 Å². The lowest BCUT2D eigenvalue weighted by Crippen LogP contribution is -2.40. The van der Waals surface area contributed by atoms with Gasteiger partial charge < -0.3 is 10.6 Å². The van der Waals surface area contributed by atoms with Crippen LogP contribution in [0.15, 0.2) is 12.1 Å². The Morgan fingerprint density at radius 2 is 1.95 bits per heavy atom. The first-order valence-corrected chi connectivity index (χ1v) is 6.93. The van der Waals surface area contributed by atoms with Gasteiger partial charge in [0.2, 0.25) is 0 Å². The molecule has 0 aromatic carbocycles. The van der Waals surface area contributed by atoms with E-state index in [0.717, 1.165) is 30.9 Å². The summed E-state index contributed by atoms with van der Waals surface area (Å²) in [4.78, 5) is 16.7. The summed E-state index contributed by atoms with van der Waals surface area (Å²) in [6, 6.07) is 3.67. The van der Waals surface area contributed by atoms with E-state index in [1.807, 2.05) is 39.8 Å². The van der Waals surface area contributed by atoms with Crippen LogP contribution in [0.2, 0.25) is 0 Å². The molecule has 1 heterocycles. The van der Waals surface area contributed by atoms with E-state index < -0.39 is 0 Å². The summed E-state index contributed by atoms with van der Waals surface area (Å²) >= 11 is 0. The number of anilines is 1. The monoisotopic (exact) mass is 263 g/mol. The van der Waals surface area contributed by atoms with Crippen molar-refractivity contribution in [2.75, 3.05) is 11.9 Å². The Kier molecular flexibility index (Phi) is 5.33. The fourth-order valence-electron chi connectivity index (χ4n) is 1.66. The van der Waals surface area contributed by atoms with E-state index in [2.05, 4.69) is 22.5 Å². The van der Waals surface area contributed by atoms with Crippen molar-refractivity contribution in [2.45, 2.75) is 53.0 Å². The van der Waals surface area contributed by atoms with Crippen LogP contribution in [0.4, 0.5) is 5.82 Å². The molecule has 0 bridgehead atoms. The first-order chi connectivity index (χ1) is 8.85. The first kappa shape index (κ1) is 15.5. The average Bonchev–Trinajstić information content (AvgIpc) is 2.33. The van der Waals surface area contributed by atoms with Crippen molar-refractivity contribution in [3.63, 3.8) is 0 Å². The van der Waals surface area contributed by atoms with E-state index in [9.17, 15) is 4.79 Å². The fraction of sp³-hybridized carbons (Fsp3) is 0.600. The second-order valence-electron chi connectivity index (χ2n) is 5.72. The third-order valence-electron chi connectivity index (χ3n) is 2.55. The van der Waals surface area contributed by atoms with Crippen LogP contribution in [0.1, 0.15) is 57.1 Å². The molecule has 1 aromatic heterocycles. The largest absolute Gasteiger partial charge is 0.370 e. The van der Waals surface area contributed by atoms with E-state index in [0.29, 0.717) is 5.56 Å². The molecule has 1 aromatic rings. The Morgan fingerprint density at radius 1 is 1.26 bits per heavy atom. The number of nitrogens with one attached hydrogen (secondary N) is 2. The van der Waals surface area contributed by atoms with Gasteiger partial charge in [-0.15, -0.1) is 0 Å². The standard InChI is InChI=1S/C15H25N3O/c1-6-8-16-13-10-11(9-12(7-2)17-13)14(19)18-15(3,4)5/h9-10H,6-8H2,1-5H3,(H,16,17)(H,18,19). The van der Waals surface area contributed by atoms with Crippen LogP contribution in [0.25, 0.3) is 0 Å². The summed E-state index contributed by atoms with van der Waals surface area (Å²) in [6.45, 7) is 10.9. The zero-order valence-electron chi connectivity index (χ0n) is 12.6. The van der Waals surface area contributed by atoms with Crippen molar-refractivity contribution in [3.05, 3.63) is 23.4 Å². The molecule has 0 fully saturated rings. The number of rotatable bonds is 5. The van der Waals surface area contributed by atoms with Crippen LogP contribution in [-0.4, -0.2) is 23.0 Å². The van der Waals surface area contributed by atoms with Gasteiger partial charge >= 0.3 is 0 Å². The number of hydrogen-bond donors (Lipinski definition) is 2. The molecule has 0 spiro atoms. The summed E-state index contributed by atoms with van der Waals surface area (Å²) in [7, 11) is 0. The first-order valence-electron chi connectivity index (χ1n) is 6.93. The van der Waals surface area contributed by atoms with Gasteiger partial charge in [0, 0.05) is 23.3 Å². The number of amides is 1. The van der Waals surface area contributed by atoms with Crippen molar-refractivity contribution in [1.82, 2.24) is 10.3 Å².